The third-order valence-corrected chi connectivity index (χ3v) is 3.88. The molecule has 8 heteroatoms. The predicted molar refractivity (Wildman–Crippen MR) is 97.3 cm³/mol. The molecule has 0 aliphatic carbocycles. The van der Waals surface area contributed by atoms with E-state index in [0.717, 1.165) is 28.8 Å². The molecule has 26 heavy (non-hydrogen) atoms. The fourth-order valence-electron chi connectivity index (χ4n) is 2.66. The average molecular weight is 353 g/mol. The molecule has 0 unspecified atom stereocenters. The number of aryl methyl sites for hydroxylation is 1. The van der Waals surface area contributed by atoms with Gasteiger partial charge in [-0.2, -0.15) is 5.10 Å². The molecule has 0 saturated heterocycles. The molecule has 7 nitrogen and oxygen atoms in total. The molecule has 0 spiro atoms. The SMILES string of the molecule is Cc1cc(/C=N/Nc2ccc([N+](=O)[O-])cn2)c(C)n1-c1cccc(F)c1. The topological polar surface area (TPSA) is 85.3 Å². The molecule has 0 amide bonds. The number of benzene rings is 1. The molecule has 3 aromatic rings. The third kappa shape index (κ3) is 3.59. The molecule has 2 aromatic heterocycles. The Balaban J connectivity index is 1.79. The molecule has 0 bridgehead atoms. The Hall–Kier alpha value is -3.55. The molecular formula is C18H16FN5O2. The number of hydrazone groups is 1. The minimum Gasteiger partial charge on any atom is -0.318 e. The van der Waals surface area contributed by atoms with E-state index in [0.29, 0.717) is 5.82 Å². The summed E-state index contributed by atoms with van der Waals surface area (Å²) in [7, 11) is 0. The molecular weight excluding hydrogens is 337 g/mol. The summed E-state index contributed by atoms with van der Waals surface area (Å²) >= 11 is 0. The Morgan fingerprint density at radius 2 is 2.08 bits per heavy atom. The van der Waals surface area contributed by atoms with Crippen LogP contribution in [0.4, 0.5) is 15.9 Å². The van der Waals surface area contributed by atoms with Crippen molar-refractivity contribution in [1.82, 2.24) is 9.55 Å². The van der Waals surface area contributed by atoms with Crippen LogP contribution in [0.5, 0.6) is 0 Å². The van der Waals surface area contributed by atoms with Gasteiger partial charge >= 0.3 is 0 Å². The quantitative estimate of drug-likeness (QED) is 0.427. The van der Waals surface area contributed by atoms with E-state index in [-0.39, 0.29) is 11.5 Å². The van der Waals surface area contributed by atoms with Crippen molar-refractivity contribution in [3.8, 4) is 5.69 Å². The first kappa shape index (κ1) is 17.3. The zero-order valence-corrected chi connectivity index (χ0v) is 14.2. The van der Waals surface area contributed by atoms with Gasteiger partial charge in [0.25, 0.3) is 5.69 Å². The van der Waals surface area contributed by atoms with Gasteiger partial charge in [-0.05, 0) is 44.2 Å². The number of aromatic nitrogens is 2. The Labute approximate surface area is 149 Å². The van der Waals surface area contributed by atoms with Crippen LogP contribution in [0.25, 0.3) is 5.69 Å². The normalized spacial score (nSPS) is 11.0. The highest BCUT2D eigenvalue weighted by atomic mass is 19.1. The Kier molecular flexibility index (Phi) is 4.74. The first-order valence-electron chi connectivity index (χ1n) is 7.80. The number of hydrogen-bond acceptors (Lipinski definition) is 5. The monoisotopic (exact) mass is 353 g/mol. The van der Waals surface area contributed by atoms with E-state index in [1.165, 1.54) is 24.3 Å². The summed E-state index contributed by atoms with van der Waals surface area (Å²) in [5.41, 5.74) is 6.11. The van der Waals surface area contributed by atoms with Crippen LogP contribution in [-0.2, 0) is 0 Å². The highest BCUT2D eigenvalue weighted by Crippen LogP contribution is 2.20. The Morgan fingerprint density at radius 3 is 2.73 bits per heavy atom. The van der Waals surface area contributed by atoms with E-state index in [1.54, 1.807) is 12.3 Å². The van der Waals surface area contributed by atoms with E-state index in [9.17, 15) is 14.5 Å². The van der Waals surface area contributed by atoms with Crippen molar-refractivity contribution in [2.45, 2.75) is 13.8 Å². The van der Waals surface area contributed by atoms with E-state index >= 15 is 0 Å². The smallest absolute Gasteiger partial charge is 0.287 e. The van der Waals surface area contributed by atoms with Crippen LogP contribution in [0.2, 0.25) is 0 Å². The zero-order valence-electron chi connectivity index (χ0n) is 14.2. The second-order valence-corrected chi connectivity index (χ2v) is 5.67. The number of rotatable bonds is 5. The number of nitrogens with one attached hydrogen (secondary N) is 1. The second-order valence-electron chi connectivity index (χ2n) is 5.67. The lowest BCUT2D eigenvalue weighted by Crippen LogP contribution is -2.00. The molecule has 0 fully saturated rings. The number of nitro groups is 1. The van der Waals surface area contributed by atoms with Crippen LogP contribution < -0.4 is 5.43 Å². The molecule has 1 aromatic carbocycles. The van der Waals surface area contributed by atoms with E-state index in [4.69, 9.17) is 0 Å². The molecule has 0 saturated carbocycles. The second kappa shape index (κ2) is 7.14. The van der Waals surface area contributed by atoms with Gasteiger partial charge in [-0.15, -0.1) is 0 Å². The van der Waals surface area contributed by atoms with Gasteiger partial charge in [-0.1, -0.05) is 6.07 Å². The molecule has 0 atom stereocenters. The van der Waals surface area contributed by atoms with Crippen molar-refractivity contribution in [3.63, 3.8) is 0 Å². The summed E-state index contributed by atoms with van der Waals surface area (Å²) < 4.78 is 15.4. The van der Waals surface area contributed by atoms with Crippen LogP contribution >= 0.6 is 0 Å². The molecule has 0 radical (unpaired) electrons. The molecule has 132 valence electrons. The van der Waals surface area contributed by atoms with Crippen LogP contribution in [0, 0.1) is 29.8 Å². The van der Waals surface area contributed by atoms with Gasteiger partial charge in [0.2, 0.25) is 0 Å². The highest BCUT2D eigenvalue weighted by molar-refractivity contribution is 5.82. The third-order valence-electron chi connectivity index (χ3n) is 3.88. The van der Waals surface area contributed by atoms with Crippen LogP contribution in [0.1, 0.15) is 17.0 Å². The minimum atomic E-state index is -0.513. The molecule has 3 rings (SSSR count). The highest BCUT2D eigenvalue weighted by Gasteiger charge is 2.10. The molecule has 0 aliphatic heterocycles. The van der Waals surface area contributed by atoms with Crippen molar-refractivity contribution in [3.05, 3.63) is 81.5 Å². The van der Waals surface area contributed by atoms with Gasteiger partial charge in [-0.25, -0.2) is 9.37 Å². The summed E-state index contributed by atoms with van der Waals surface area (Å²) in [6.45, 7) is 3.85. The number of nitrogens with zero attached hydrogens (tertiary/aromatic N) is 4. The standard InChI is InChI=1S/C18H16FN5O2/c1-12-8-14(13(2)23(12)16-5-3-4-15(19)9-16)10-21-22-18-7-6-17(11-20-18)24(25)26/h3-11H,1-2H3,(H,20,22)/b21-10+. The van der Waals surface area contributed by atoms with Crippen molar-refractivity contribution in [1.29, 1.82) is 0 Å². The van der Waals surface area contributed by atoms with Crippen LogP contribution in [-0.4, -0.2) is 20.7 Å². The lowest BCUT2D eigenvalue weighted by molar-refractivity contribution is -0.385. The van der Waals surface area contributed by atoms with Gasteiger partial charge in [-0.3, -0.25) is 15.5 Å². The summed E-state index contributed by atoms with van der Waals surface area (Å²) in [4.78, 5) is 14.0. The number of pyridine rings is 1. The van der Waals surface area contributed by atoms with Crippen molar-refractivity contribution < 1.29 is 9.31 Å². The van der Waals surface area contributed by atoms with Gasteiger partial charge in [0, 0.05) is 28.7 Å². The Bertz CT molecular complexity index is 980. The number of halogens is 1. The average Bonchev–Trinajstić information content (AvgIpc) is 2.89. The van der Waals surface area contributed by atoms with Crippen LogP contribution in [0.15, 0.2) is 53.8 Å². The first-order chi connectivity index (χ1) is 12.5. The van der Waals surface area contributed by atoms with Gasteiger partial charge < -0.3 is 4.57 Å². The first-order valence-corrected chi connectivity index (χ1v) is 7.80. The Morgan fingerprint density at radius 1 is 1.27 bits per heavy atom. The van der Waals surface area contributed by atoms with Gasteiger partial charge in [0.15, 0.2) is 0 Å². The molecule has 0 aliphatic rings. The summed E-state index contributed by atoms with van der Waals surface area (Å²) in [6, 6.07) is 11.1. The van der Waals surface area contributed by atoms with Gasteiger partial charge in [0.1, 0.15) is 17.8 Å². The van der Waals surface area contributed by atoms with Crippen molar-refractivity contribution in [2.75, 3.05) is 5.43 Å². The number of anilines is 1. The molecule has 1 N–H and O–H groups in total. The fourth-order valence-corrected chi connectivity index (χ4v) is 2.66. The zero-order chi connectivity index (χ0) is 18.7. The minimum absolute atomic E-state index is 0.0850. The lowest BCUT2D eigenvalue weighted by atomic mass is 10.2. The maximum atomic E-state index is 13.5. The predicted octanol–water partition coefficient (Wildman–Crippen LogP) is 3.98. The molecule has 2 heterocycles. The van der Waals surface area contributed by atoms with E-state index in [1.807, 2.05) is 30.5 Å². The fraction of sp³-hybridized carbons (Fsp3) is 0.111. The summed E-state index contributed by atoms with van der Waals surface area (Å²) in [5.74, 6) is 0.0990. The summed E-state index contributed by atoms with van der Waals surface area (Å²) in [5, 5.41) is 14.7. The number of hydrogen-bond donors (Lipinski definition) is 1. The maximum Gasteiger partial charge on any atom is 0.287 e. The van der Waals surface area contributed by atoms with Crippen LogP contribution in [0.3, 0.4) is 0 Å². The largest absolute Gasteiger partial charge is 0.318 e. The maximum absolute atomic E-state index is 13.5. The van der Waals surface area contributed by atoms with Gasteiger partial charge in [0.05, 0.1) is 11.1 Å². The van der Waals surface area contributed by atoms with E-state index in [2.05, 4.69) is 15.5 Å². The van der Waals surface area contributed by atoms with Crippen molar-refractivity contribution >= 4 is 17.7 Å². The lowest BCUT2D eigenvalue weighted by Gasteiger charge is -2.09. The van der Waals surface area contributed by atoms with E-state index < -0.39 is 4.92 Å². The van der Waals surface area contributed by atoms with Crippen molar-refractivity contribution in [2.24, 2.45) is 5.10 Å². The summed E-state index contributed by atoms with van der Waals surface area (Å²) in [6.07, 6.45) is 2.79.